The minimum Gasteiger partial charge on any atom is -0.258 e. The lowest BCUT2D eigenvalue weighted by atomic mass is 10.0. The van der Waals surface area contributed by atoms with E-state index in [2.05, 4.69) is 4.98 Å². The number of rotatable bonds is 5. The van der Waals surface area contributed by atoms with Crippen molar-refractivity contribution in [2.24, 2.45) is 0 Å². The Morgan fingerprint density at radius 1 is 1.04 bits per heavy atom. The molecule has 3 aromatic rings. The van der Waals surface area contributed by atoms with Gasteiger partial charge >= 0.3 is 0 Å². The average Bonchev–Trinajstić information content (AvgIpc) is 2.87. The number of hydrogen-bond donors (Lipinski definition) is 0. The highest BCUT2D eigenvalue weighted by atomic mass is 35.5. The lowest BCUT2D eigenvalue weighted by molar-refractivity contribution is 0.678. The first kappa shape index (κ1) is 16.4. The van der Waals surface area contributed by atoms with Gasteiger partial charge in [0.1, 0.15) is 5.15 Å². The Morgan fingerprint density at radius 2 is 1.57 bits per heavy atom. The predicted octanol–water partition coefficient (Wildman–Crippen LogP) is 5.14. The summed E-state index contributed by atoms with van der Waals surface area (Å²) in [6.45, 7) is 1.91. The second-order valence-corrected chi connectivity index (χ2v) is 8.34. The topological polar surface area (TPSA) is 30.0 Å². The van der Waals surface area contributed by atoms with Crippen molar-refractivity contribution in [1.82, 2.24) is 4.98 Å². The molecule has 0 N–H and O–H groups in total. The maximum absolute atomic E-state index is 13.1. The highest BCUT2D eigenvalue weighted by Crippen LogP contribution is 2.32. The molecule has 0 aliphatic rings. The van der Waals surface area contributed by atoms with Gasteiger partial charge in [0.15, 0.2) is 0 Å². The minimum atomic E-state index is -1.12. The van der Waals surface area contributed by atoms with Gasteiger partial charge in [0, 0.05) is 10.8 Å². The number of benzene rings is 2. The van der Waals surface area contributed by atoms with Gasteiger partial charge in [-0.25, -0.2) is 4.98 Å². The van der Waals surface area contributed by atoms with Crippen molar-refractivity contribution in [2.45, 2.75) is 17.9 Å². The molecule has 5 heteroatoms. The molecular formula is C18H16ClNOS2. The van der Waals surface area contributed by atoms with Crippen LogP contribution in [0.25, 0.3) is 0 Å². The summed E-state index contributed by atoms with van der Waals surface area (Å²) in [6, 6.07) is 19.9. The summed E-state index contributed by atoms with van der Waals surface area (Å²) in [7, 11) is -1.12. The fourth-order valence-electron chi connectivity index (χ4n) is 2.50. The van der Waals surface area contributed by atoms with Crippen LogP contribution in [-0.4, -0.2) is 9.19 Å². The van der Waals surface area contributed by atoms with Gasteiger partial charge < -0.3 is 0 Å². The first-order chi connectivity index (χ1) is 11.1. The van der Waals surface area contributed by atoms with Crippen molar-refractivity contribution in [2.75, 3.05) is 0 Å². The Hall–Kier alpha value is -1.49. The average molecular weight is 362 g/mol. The van der Waals surface area contributed by atoms with E-state index in [0.29, 0.717) is 10.9 Å². The molecule has 118 valence electrons. The van der Waals surface area contributed by atoms with Crippen molar-refractivity contribution in [3.63, 3.8) is 0 Å². The Balaban J connectivity index is 1.95. The number of hydrogen-bond acceptors (Lipinski definition) is 3. The van der Waals surface area contributed by atoms with Gasteiger partial charge in [-0.2, -0.15) is 0 Å². The first-order valence-corrected chi connectivity index (χ1v) is 9.81. The van der Waals surface area contributed by atoms with E-state index in [-0.39, 0.29) is 5.25 Å². The van der Waals surface area contributed by atoms with Crippen LogP contribution in [0, 0.1) is 6.92 Å². The first-order valence-electron chi connectivity index (χ1n) is 7.24. The Labute approximate surface area is 147 Å². The molecular weight excluding hydrogens is 346 g/mol. The van der Waals surface area contributed by atoms with Crippen LogP contribution in [0.2, 0.25) is 5.15 Å². The lowest BCUT2D eigenvalue weighted by Crippen LogP contribution is -2.10. The van der Waals surface area contributed by atoms with Crippen LogP contribution in [0.1, 0.15) is 26.3 Å². The third-order valence-corrected chi connectivity index (χ3v) is 6.72. The molecule has 0 radical (unpaired) electrons. The summed E-state index contributed by atoms with van der Waals surface area (Å²) in [6.07, 6.45) is 0. The number of aromatic nitrogens is 1. The van der Waals surface area contributed by atoms with E-state index >= 15 is 0 Å². The van der Waals surface area contributed by atoms with Crippen LogP contribution in [0.3, 0.4) is 0 Å². The van der Waals surface area contributed by atoms with Gasteiger partial charge in [-0.3, -0.25) is 4.21 Å². The van der Waals surface area contributed by atoms with Gasteiger partial charge in [0.05, 0.1) is 20.9 Å². The van der Waals surface area contributed by atoms with Crippen LogP contribution in [0.5, 0.6) is 0 Å². The molecule has 2 nitrogen and oxygen atoms in total. The molecule has 0 aliphatic heterocycles. The van der Waals surface area contributed by atoms with E-state index < -0.39 is 10.8 Å². The number of thiazole rings is 1. The van der Waals surface area contributed by atoms with Crippen molar-refractivity contribution in [3.05, 3.63) is 86.8 Å². The lowest BCUT2D eigenvalue weighted by Gasteiger charge is -2.17. The summed E-state index contributed by atoms with van der Waals surface area (Å²) in [5, 5.41) is 1.20. The number of aryl methyl sites for hydroxylation is 1. The standard InChI is InChI=1S/C18H16ClNOS2/c1-13-20-18(19)16(22-13)12-23(21)17(14-8-4-2-5-9-14)15-10-6-3-7-11-15/h2-11,17H,12H2,1H3/t23-/m0/s1. The van der Waals surface area contributed by atoms with E-state index in [1.165, 1.54) is 11.3 Å². The zero-order chi connectivity index (χ0) is 16.2. The van der Waals surface area contributed by atoms with Crippen molar-refractivity contribution in [1.29, 1.82) is 0 Å². The molecule has 0 saturated carbocycles. The molecule has 0 spiro atoms. The predicted molar refractivity (Wildman–Crippen MR) is 98.4 cm³/mol. The largest absolute Gasteiger partial charge is 0.258 e. The third-order valence-electron chi connectivity index (χ3n) is 3.50. The van der Waals surface area contributed by atoms with Crippen molar-refractivity contribution < 1.29 is 4.21 Å². The van der Waals surface area contributed by atoms with Crippen LogP contribution < -0.4 is 0 Å². The molecule has 0 fully saturated rings. The fraction of sp³-hybridized carbons (Fsp3) is 0.167. The molecule has 0 unspecified atom stereocenters. The highest BCUT2D eigenvalue weighted by Gasteiger charge is 2.23. The van der Waals surface area contributed by atoms with Crippen LogP contribution >= 0.6 is 22.9 Å². The van der Waals surface area contributed by atoms with Gasteiger partial charge in [-0.15, -0.1) is 11.3 Å². The molecule has 2 aromatic carbocycles. The van der Waals surface area contributed by atoms with Crippen molar-refractivity contribution in [3.8, 4) is 0 Å². The highest BCUT2D eigenvalue weighted by molar-refractivity contribution is 7.84. The third kappa shape index (κ3) is 3.89. The van der Waals surface area contributed by atoms with E-state index in [9.17, 15) is 4.21 Å². The molecule has 0 aliphatic carbocycles. The van der Waals surface area contributed by atoms with Gasteiger partial charge in [-0.05, 0) is 18.1 Å². The summed E-state index contributed by atoms with van der Waals surface area (Å²) in [5.41, 5.74) is 2.10. The Bertz CT molecular complexity index is 763. The summed E-state index contributed by atoms with van der Waals surface area (Å²) in [5.74, 6) is 0.415. The zero-order valence-electron chi connectivity index (χ0n) is 12.6. The van der Waals surface area contributed by atoms with Crippen molar-refractivity contribution >= 4 is 33.7 Å². The maximum atomic E-state index is 13.1. The molecule has 0 amide bonds. The molecule has 0 saturated heterocycles. The van der Waals surface area contributed by atoms with Crippen LogP contribution in [-0.2, 0) is 16.6 Å². The Kier molecular flexibility index (Phi) is 5.26. The summed E-state index contributed by atoms with van der Waals surface area (Å²) >= 11 is 7.67. The molecule has 3 rings (SSSR count). The molecule has 1 aromatic heterocycles. The smallest absolute Gasteiger partial charge is 0.144 e. The quantitative estimate of drug-likeness (QED) is 0.629. The van der Waals surface area contributed by atoms with E-state index in [4.69, 9.17) is 11.6 Å². The van der Waals surface area contributed by atoms with Crippen LogP contribution in [0.4, 0.5) is 0 Å². The van der Waals surface area contributed by atoms with E-state index in [0.717, 1.165) is 21.0 Å². The summed E-state index contributed by atoms with van der Waals surface area (Å²) in [4.78, 5) is 5.11. The van der Waals surface area contributed by atoms with E-state index in [1.807, 2.05) is 67.6 Å². The molecule has 1 heterocycles. The summed E-state index contributed by atoms with van der Waals surface area (Å²) < 4.78 is 13.1. The minimum absolute atomic E-state index is 0.170. The second-order valence-electron chi connectivity index (χ2n) is 5.17. The molecule has 0 bridgehead atoms. The second kappa shape index (κ2) is 7.39. The Morgan fingerprint density at radius 3 is 2.00 bits per heavy atom. The SMILES string of the molecule is Cc1nc(Cl)c(C[S@](=O)C(c2ccccc2)c2ccccc2)s1. The number of halogens is 1. The van der Waals surface area contributed by atoms with E-state index in [1.54, 1.807) is 0 Å². The van der Waals surface area contributed by atoms with Gasteiger partial charge in [0.2, 0.25) is 0 Å². The fourth-order valence-corrected chi connectivity index (χ4v) is 5.63. The maximum Gasteiger partial charge on any atom is 0.144 e. The number of nitrogens with zero attached hydrogens (tertiary/aromatic N) is 1. The molecule has 23 heavy (non-hydrogen) atoms. The zero-order valence-corrected chi connectivity index (χ0v) is 15.0. The van der Waals surface area contributed by atoms with Crippen LogP contribution in [0.15, 0.2) is 60.7 Å². The molecule has 1 atom stereocenters. The normalized spacial score (nSPS) is 12.5. The monoisotopic (exact) mass is 361 g/mol. The van der Waals surface area contributed by atoms with Gasteiger partial charge in [0.25, 0.3) is 0 Å². The van der Waals surface area contributed by atoms with Gasteiger partial charge in [-0.1, -0.05) is 72.3 Å².